The van der Waals surface area contributed by atoms with E-state index in [1.165, 1.54) is 63.2 Å². The summed E-state index contributed by atoms with van der Waals surface area (Å²) in [7, 11) is -4.23. The molecule has 1 aromatic heterocycles. The minimum absolute atomic E-state index is 0.0185. The summed E-state index contributed by atoms with van der Waals surface area (Å²) in [5.74, 6) is -2.10. The van der Waals surface area contributed by atoms with E-state index in [1.807, 2.05) is 12.1 Å². The fraction of sp³-hybridized carbons (Fsp3) is 0.273. The van der Waals surface area contributed by atoms with Crippen LogP contribution in [0, 0.1) is 22.7 Å². The molecule has 2 atom stereocenters. The van der Waals surface area contributed by atoms with Gasteiger partial charge in [0.2, 0.25) is 0 Å². The van der Waals surface area contributed by atoms with Crippen molar-refractivity contribution in [2.75, 3.05) is 54.8 Å². The van der Waals surface area contributed by atoms with Crippen molar-refractivity contribution in [3.8, 4) is 12.1 Å². The molecule has 18 nitrogen and oxygen atoms in total. The average Bonchev–Trinajstić information content (AvgIpc) is 3.94. The summed E-state index contributed by atoms with van der Waals surface area (Å²) in [6.07, 6.45) is -6.16. The molecule has 0 aliphatic carbocycles. The number of hydrogen-bond donors (Lipinski definition) is 3. The normalized spacial score (nSPS) is 17.5. The highest BCUT2D eigenvalue weighted by Crippen LogP contribution is 2.42. The molecule has 3 N–H and O–H groups in total. The molecule has 0 unspecified atom stereocenters. The van der Waals surface area contributed by atoms with Crippen LogP contribution in [0.25, 0.3) is 0 Å². The summed E-state index contributed by atoms with van der Waals surface area (Å²) in [5.41, 5.74) is -0.352. The second-order valence-corrected chi connectivity index (χ2v) is 20.7. The van der Waals surface area contributed by atoms with E-state index in [0.29, 0.717) is 22.3 Å². The number of halogens is 6. The smallest absolute Gasteiger partial charge is 0.339 e. The zero-order valence-corrected chi connectivity index (χ0v) is 42.9. The summed E-state index contributed by atoms with van der Waals surface area (Å²) in [4.78, 5) is 77.7. The van der Waals surface area contributed by atoms with Gasteiger partial charge in [-0.1, -0.05) is 36.4 Å². The number of rotatable bonds is 17. The molecule has 0 bridgehead atoms. The van der Waals surface area contributed by atoms with Crippen LogP contribution in [-0.4, -0.2) is 102 Å². The third-order valence-electron chi connectivity index (χ3n) is 14.0. The van der Waals surface area contributed by atoms with Crippen LogP contribution in [0.4, 0.5) is 47.3 Å². The molecule has 4 aromatic carbocycles. The molecule has 5 heterocycles. The lowest BCUT2D eigenvalue weighted by Crippen LogP contribution is -2.47. The number of benzene rings is 4. The fourth-order valence-electron chi connectivity index (χ4n) is 10.1. The Morgan fingerprint density at radius 3 is 1.46 bits per heavy atom. The van der Waals surface area contributed by atoms with Gasteiger partial charge in [0.15, 0.2) is 12.4 Å². The predicted octanol–water partition coefficient (Wildman–Crippen LogP) is 7.39. The van der Waals surface area contributed by atoms with Crippen molar-refractivity contribution in [2.45, 2.75) is 50.2 Å². The molecule has 25 heteroatoms. The minimum Gasteiger partial charge on any atom is -0.339 e. The number of nitrogens with one attached hydrogen (secondary N) is 2. The van der Waals surface area contributed by atoms with Crippen molar-refractivity contribution in [1.82, 2.24) is 25.3 Å². The Bertz CT molecular complexity index is 3370. The van der Waals surface area contributed by atoms with Gasteiger partial charge < -0.3 is 25.3 Å². The highest BCUT2D eigenvalue weighted by atomic mass is 32.2. The Kier molecular flexibility index (Phi) is 15.6. The SMILES string of the molecule is N#Cc1ccc([C@H]2NC(=O)N(c3cccc(C(F)(F)F)c3)C3=C2C(=O)N(CCCN(CCCN2CC4=C(C2=O)[C@@H](c2ccc(C#N)cc2)NC(=O)N4c2cccc(C(F)(F)F)c2)C(=O)c2cc[n+](CCCS(=O)(=O)O)cc2)C3)cc1. The summed E-state index contributed by atoms with van der Waals surface area (Å²) in [5, 5.41) is 24.3. The average molecular weight is 1120 g/mol. The zero-order chi connectivity index (χ0) is 57.3. The Morgan fingerprint density at radius 2 is 1.07 bits per heavy atom. The van der Waals surface area contributed by atoms with Gasteiger partial charge in [-0.15, -0.1) is 0 Å². The van der Waals surface area contributed by atoms with Gasteiger partial charge in [0.25, 0.3) is 27.8 Å². The van der Waals surface area contributed by atoms with E-state index in [2.05, 4.69) is 10.6 Å². The van der Waals surface area contributed by atoms with Crippen LogP contribution in [-0.2, 0) is 38.6 Å². The summed E-state index contributed by atoms with van der Waals surface area (Å²) >= 11 is 0. The maximum absolute atomic E-state index is 14.5. The molecule has 7 amide bonds. The number of carbonyl (C=O) groups is 5. The first-order valence-electron chi connectivity index (χ1n) is 24.9. The van der Waals surface area contributed by atoms with Crippen molar-refractivity contribution in [2.24, 2.45) is 0 Å². The lowest BCUT2D eigenvalue weighted by molar-refractivity contribution is -0.696. The predicted molar refractivity (Wildman–Crippen MR) is 273 cm³/mol. The van der Waals surface area contributed by atoms with Crippen molar-refractivity contribution >= 4 is 51.3 Å². The Labute approximate surface area is 453 Å². The van der Waals surface area contributed by atoms with E-state index < -0.39 is 81.2 Å². The number of alkyl halides is 6. The van der Waals surface area contributed by atoms with E-state index in [-0.39, 0.29) is 105 Å². The first kappa shape index (κ1) is 55.7. The van der Waals surface area contributed by atoms with Gasteiger partial charge in [0.1, 0.15) is 6.54 Å². The molecule has 0 fully saturated rings. The lowest BCUT2D eigenvalue weighted by atomic mass is 9.94. The number of hydrogen-bond acceptors (Lipinski definition) is 9. The highest BCUT2D eigenvalue weighted by Gasteiger charge is 2.47. The van der Waals surface area contributed by atoms with Crippen LogP contribution in [0.3, 0.4) is 0 Å². The third kappa shape index (κ3) is 11.8. The molecule has 412 valence electrons. The van der Waals surface area contributed by atoms with Crippen molar-refractivity contribution in [3.05, 3.63) is 183 Å². The Hall–Kier alpha value is -9.07. The molecule has 5 aromatic rings. The molecule has 9 rings (SSSR count). The fourth-order valence-corrected chi connectivity index (χ4v) is 10.6. The molecule has 0 spiro atoms. The van der Waals surface area contributed by atoms with E-state index >= 15 is 0 Å². The molecule has 4 aliphatic rings. The monoisotopic (exact) mass is 1120 g/mol. The number of amides is 7. The maximum atomic E-state index is 14.5. The van der Waals surface area contributed by atoms with Crippen LogP contribution in [0.1, 0.15) is 75.1 Å². The van der Waals surface area contributed by atoms with Gasteiger partial charge in [-0.25, -0.2) is 14.2 Å². The summed E-state index contributed by atoms with van der Waals surface area (Å²) < 4.78 is 117. The van der Waals surface area contributed by atoms with E-state index in [1.54, 1.807) is 41.2 Å². The largest absolute Gasteiger partial charge is 0.416 e. The summed E-state index contributed by atoms with van der Waals surface area (Å²) in [6, 6.07) is 23.6. The van der Waals surface area contributed by atoms with Gasteiger partial charge in [0.05, 0.1) is 105 Å². The van der Waals surface area contributed by atoms with Gasteiger partial charge >= 0.3 is 24.4 Å². The molecular weight excluding hydrogens is 1070 g/mol. The highest BCUT2D eigenvalue weighted by molar-refractivity contribution is 7.85. The van der Waals surface area contributed by atoms with E-state index in [0.717, 1.165) is 46.2 Å². The standard InChI is InChI=1S/C55H46F6N10O8S/c56-54(57,58)39-6-1-8-41(28-39)70-43-32-68(50(73)45(43)47(64-52(70)75)36-14-10-34(30-62)11-15-36)23-3-21-67(49(72)38-18-25-66(26-19-38)20-5-27-80(77,78)79)22-4-24-69-33-44-46(51(69)74)48(37-16-12-35(31-63)13-17-37)65-53(76)71(44)42-9-2-7-40(29-42)55(59,60)61/h1-2,6-19,25-26,28-29,47-48H,3-5,20-24,27,32-33H2,(H2-,64,65,75,76,77,78,79)/p+1/t47-,48-/m1/s1. The van der Waals surface area contributed by atoms with E-state index in [4.69, 9.17) is 0 Å². The molecule has 4 aliphatic heterocycles. The minimum atomic E-state index is -4.76. The third-order valence-corrected chi connectivity index (χ3v) is 14.8. The second kappa shape index (κ2) is 22.3. The van der Waals surface area contributed by atoms with Gasteiger partial charge in [-0.3, -0.25) is 28.7 Å². The molecule has 0 saturated carbocycles. The van der Waals surface area contributed by atoms with Crippen LogP contribution < -0.4 is 25.0 Å². The molecular formula is C55H47F6N10O8S+. The number of anilines is 2. The van der Waals surface area contributed by atoms with Crippen LogP contribution in [0.15, 0.2) is 144 Å². The quantitative estimate of drug-likeness (QED) is 0.0475. The first-order chi connectivity index (χ1) is 38.0. The molecule has 0 saturated heterocycles. The number of urea groups is 2. The molecule has 80 heavy (non-hydrogen) atoms. The number of pyridine rings is 1. The van der Waals surface area contributed by atoms with Gasteiger partial charge in [-0.05, 0) is 84.6 Å². The van der Waals surface area contributed by atoms with Crippen molar-refractivity contribution < 1.29 is 67.9 Å². The number of aromatic nitrogens is 1. The lowest BCUT2D eigenvalue weighted by Gasteiger charge is -2.34. The van der Waals surface area contributed by atoms with Crippen molar-refractivity contribution in [1.29, 1.82) is 10.5 Å². The number of carbonyl (C=O) groups excluding carboxylic acids is 5. The van der Waals surface area contributed by atoms with Gasteiger partial charge in [0, 0.05) is 44.7 Å². The number of nitriles is 2. The zero-order valence-electron chi connectivity index (χ0n) is 42.0. The van der Waals surface area contributed by atoms with Crippen molar-refractivity contribution in [3.63, 3.8) is 0 Å². The Morgan fingerprint density at radius 1 is 0.650 bits per heavy atom. The summed E-state index contributed by atoms with van der Waals surface area (Å²) in [6.45, 7) is -0.368. The Balaban J connectivity index is 0.963. The number of nitrogens with zero attached hydrogens (tertiary/aromatic N) is 8. The van der Waals surface area contributed by atoms with Crippen LogP contribution >= 0.6 is 0 Å². The second-order valence-electron chi connectivity index (χ2n) is 19.1. The topological polar surface area (TPSA) is 231 Å². The first-order valence-corrected chi connectivity index (χ1v) is 26.5. The van der Waals surface area contributed by atoms with Gasteiger partial charge in [-0.2, -0.15) is 45.3 Å². The van der Waals surface area contributed by atoms with Crippen LogP contribution in [0.5, 0.6) is 0 Å². The maximum Gasteiger partial charge on any atom is 0.416 e. The van der Waals surface area contributed by atoms with E-state index in [9.17, 15) is 73.8 Å². The van der Waals surface area contributed by atoms with Crippen LogP contribution in [0.2, 0.25) is 0 Å². The molecule has 0 radical (unpaired) electrons. The number of aryl methyl sites for hydroxylation is 1.